The van der Waals surface area contributed by atoms with Crippen LogP contribution < -0.4 is 4.72 Å². The SMILES string of the molecule is O=S(=O)(Cc1ccccc1)Nc1cccc(C#CCO)n1. The Balaban J connectivity index is 2.13. The summed E-state index contributed by atoms with van der Waals surface area (Å²) in [7, 11) is -3.54. The first-order chi connectivity index (χ1) is 10.1. The molecule has 0 aliphatic heterocycles. The van der Waals surface area contributed by atoms with Gasteiger partial charge in [0.1, 0.15) is 18.1 Å². The third kappa shape index (κ3) is 4.91. The molecule has 1 aromatic carbocycles. The molecule has 0 amide bonds. The Labute approximate surface area is 123 Å². The monoisotopic (exact) mass is 302 g/mol. The van der Waals surface area contributed by atoms with Crippen molar-refractivity contribution in [2.45, 2.75) is 5.75 Å². The van der Waals surface area contributed by atoms with Gasteiger partial charge in [-0.15, -0.1) is 0 Å². The molecule has 0 fully saturated rings. The molecule has 108 valence electrons. The highest BCUT2D eigenvalue weighted by Crippen LogP contribution is 2.11. The fraction of sp³-hybridized carbons (Fsp3) is 0.133. The van der Waals surface area contributed by atoms with Gasteiger partial charge in [-0.05, 0) is 23.6 Å². The highest BCUT2D eigenvalue weighted by Gasteiger charge is 2.12. The topological polar surface area (TPSA) is 79.3 Å². The Morgan fingerprint density at radius 1 is 1.10 bits per heavy atom. The van der Waals surface area contributed by atoms with E-state index in [0.717, 1.165) is 0 Å². The number of nitrogens with one attached hydrogen (secondary N) is 1. The van der Waals surface area contributed by atoms with E-state index in [9.17, 15) is 8.42 Å². The zero-order valence-corrected chi connectivity index (χ0v) is 12.0. The summed E-state index contributed by atoms with van der Waals surface area (Å²) >= 11 is 0. The summed E-state index contributed by atoms with van der Waals surface area (Å²) in [5.41, 5.74) is 1.09. The molecular weight excluding hydrogens is 288 g/mol. The number of aromatic nitrogens is 1. The van der Waals surface area contributed by atoms with Crippen molar-refractivity contribution < 1.29 is 13.5 Å². The smallest absolute Gasteiger partial charge is 0.238 e. The number of aliphatic hydroxyl groups is 1. The number of hydrogen-bond acceptors (Lipinski definition) is 4. The second kappa shape index (κ2) is 6.88. The Bertz CT molecular complexity index is 762. The molecule has 0 atom stereocenters. The number of benzene rings is 1. The minimum atomic E-state index is -3.54. The van der Waals surface area contributed by atoms with Crippen LogP contribution in [0.25, 0.3) is 0 Å². The number of anilines is 1. The molecule has 0 saturated heterocycles. The van der Waals surface area contributed by atoms with Gasteiger partial charge in [-0.2, -0.15) is 0 Å². The summed E-state index contributed by atoms with van der Waals surface area (Å²) in [6.07, 6.45) is 0. The third-order valence-corrected chi connectivity index (χ3v) is 3.74. The van der Waals surface area contributed by atoms with Gasteiger partial charge < -0.3 is 5.11 Å². The lowest BCUT2D eigenvalue weighted by molar-refractivity contribution is 0.350. The number of pyridine rings is 1. The third-order valence-electron chi connectivity index (χ3n) is 2.50. The molecule has 0 aliphatic rings. The van der Waals surface area contributed by atoms with E-state index in [1.54, 1.807) is 42.5 Å². The highest BCUT2D eigenvalue weighted by atomic mass is 32.2. The van der Waals surface area contributed by atoms with Gasteiger partial charge in [0, 0.05) is 0 Å². The highest BCUT2D eigenvalue weighted by molar-refractivity contribution is 7.91. The van der Waals surface area contributed by atoms with Crippen LogP contribution >= 0.6 is 0 Å². The maximum absolute atomic E-state index is 12.1. The Hall–Kier alpha value is -2.36. The number of nitrogens with zero attached hydrogens (tertiary/aromatic N) is 1. The summed E-state index contributed by atoms with van der Waals surface area (Å²) in [5, 5.41) is 8.63. The van der Waals surface area contributed by atoms with Gasteiger partial charge in [0.25, 0.3) is 0 Å². The second-order valence-corrected chi connectivity index (χ2v) is 5.94. The van der Waals surface area contributed by atoms with E-state index >= 15 is 0 Å². The Morgan fingerprint density at radius 2 is 1.86 bits per heavy atom. The maximum Gasteiger partial charge on any atom is 0.238 e. The summed E-state index contributed by atoms with van der Waals surface area (Å²) in [6, 6.07) is 13.7. The van der Waals surface area contributed by atoms with Crippen LogP contribution in [0, 0.1) is 11.8 Å². The van der Waals surface area contributed by atoms with E-state index in [0.29, 0.717) is 11.3 Å². The van der Waals surface area contributed by atoms with E-state index in [1.807, 2.05) is 6.07 Å². The Morgan fingerprint density at radius 3 is 2.57 bits per heavy atom. The van der Waals surface area contributed by atoms with E-state index < -0.39 is 10.0 Å². The average Bonchev–Trinajstić information content (AvgIpc) is 2.45. The average molecular weight is 302 g/mol. The van der Waals surface area contributed by atoms with E-state index in [-0.39, 0.29) is 18.2 Å². The maximum atomic E-state index is 12.1. The van der Waals surface area contributed by atoms with Crippen molar-refractivity contribution in [2.24, 2.45) is 0 Å². The van der Waals surface area contributed by atoms with Gasteiger partial charge in [-0.25, -0.2) is 13.4 Å². The lowest BCUT2D eigenvalue weighted by Crippen LogP contribution is -2.16. The first-order valence-corrected chi connectivity index (χ1v) is 7.85. The summed E-state index contributed by atoms with van der Waals surface area (Å²) in [5.74, 6) is 5.17. The van der Waals surface area contributed by atoms with Crippen molar-refractivity contribution in [1.82, 2.24) is 4.98 Å². The zero-order valence-electron chi connectivity index (χ0n) is 11.2. The quantitative estimate of drug-likeness (QED) is 0.836. The first kappa shape index (κ1) is 15.0. The fourth-order valence-electron chi connectivity index (χ4n) is 1.68. The molecule has 2 rings (SSSR count). The fourth-order valence-corrected chi connectivity index (χ4v) is 2.82. The largest absolute Gasteiger partial charge is 0.384 e. The number of hydrogen-bond donors (Lipinski definition) is 2. The lowest BCUT2D eigenvalue weighted by Gasteiger charge is -2.07. The summed E-state index contributed by atoms with van der Waals surface area (Å²) in [4.78, 5) is 4.06. The molecule has 0 saturated carbocycles. The molecule has 0 spiro atoms. The first-order valence-electron chi connectivity index (χ1n) is 6.20. The number of sulfonamides is 1. The van der Waals surface area contributed by atoms with Crippen LogP contribution in [0.1, 0.15) is 11.3 Å². The van der Waals surface area contributed by atoms with Crippen molar-refractivity contribution in [3.8, 4) is 11.8 Å². The standard InChI is InChI=1S/C15H14N2O3S/c18-11-5-9-14-8-4-10-15(16-14)17-21(19,20)12-13-6-2-1-3-7-13/h1-4,6-8,10,18H,11-12H2,(H,16,17). The summed E-state index contributed by atoms with van der Waals surface area (Å²) < 4.78 is 26.5. The zero-order chi connectivity index (χ0) is 15.1. The normalized spacial score (nSPS) is 10.5. The molecule has 2 aromatic rings. The number of rotatable bonds is 4. The predicted octanol–water partition coefficient (Wildman–Crippen LogP) is 1.37. The molecule has 5 nitrogen and oxygen atoms in total. The van der Waals surface area contributed by atoms with Gasteiger partial charge in [-0.1, -0.05) is 42.3 Å². The van der Waals surface area contributed by atoms with Crippen molar-refractivity contribution >= 4 is 15.8 Å². The van der Waals surface area contributed by atoms with Gasteiger partial charge in [0.2, 0.25) is 10.0 Å². The van der Waals surface area contributed by atoms with E-state index in [2.05, 4.69) is 21.5 Å². The van der Waals surface area contributed by atoms with Crippen LogP contribution in [0.3, 0.4) is 0 Å². The predicted molar refractivity (Wildman–Crippen MR) is 80.9 cm³/mol. The number of aliphatic hydroxyl groups excluding tert-OH is 1. The molecule has 0 unspecified atom stereocenters. The van der Waals surface area contributed by atoms with Gasteiger partial charge >= 0.3 is 0 Å². The van der Waals surface area contributed by atoms with Crippen LogP contribution in [-0.4, -0.2) is 25.1 Å². The lowest BCUT2D eigenvalue weighted by atomic mass is 10.2. The minimum Gasteiger partial charge on any atom is -0.384 e. The molecule has 0 radical (unpaired) electrons. The van der Waals surface area contributed by atoms with Crippen LogP contribution in [0.5, 0.6) is 0 Å². The van der Waals surface area contributed by atoms with Gasteiger partial charge in [0.15, 0.2) is 0 Å². The Kier molecular flexibility index (Phi) is 4.93. The van der Waals surface area contributed by atoms with Crippen molar-refractivity contribution in [2.75, 3.05) is 11.3 Å². The summed E-state index contributed by atoms with van der Waals surface area (Å²) in [6.45, 7) is -0.272. The molecule has 1 heterocycles. The van der Waals surface area contributed by atoms with Crippen molar-refractivity contribution in [1.29, 1.82) is 0 Å². The minimum absolute atomic E-state index is 0.123. The van der Waals surface area contributed by atoms with E-state index in [1.165, 1.54) is 0 Å². The molecule has 0 aliphatic carbocycles. The molecule has 2 N–H and O–H groups in total. The molecule has 21 heavy (non-hydrogen) atoms. The van der Waals surface area contributed by atoms with Crippen LogP contribution in [0.15, 0.2) is 48.5 Å². The molecular formula is C15H14N2O3S. The van der Waals surface area contributed by atoms with Crippen molar-refractivity contribution in [3.05, 3.63) is 59.8 Å². The van der Waals surface area contributed by atoms with Gasteiger partial charge in [0.05, 0.1) is 5.75 Å². The van der Waals surface area contributed by atoms with Gasteiger partial charge in [-0.3, -0.25) is 4.72 Å². The van der Waals surface area contributed by atoms with Crippen LogP contribution in [-0.2, 0) is 15.8 Å². The van der Waals surface area contributed by atoms with E-state index in [4.69, 9.17) is 5.11 Å². The van der Waals surface area contributed by atoms with Crippen LogP contribution in [0.4, 0.5) is 5.82 Å². The molecule has 1 aromatic heterocycles. The van der Waals surface area contributed by atoms with Crippen molar-refractivity contribution in [3.63, 3.8) is 0 Å². The molecule has 0 bridgehead atoms. The van der Waals surface area contributed by atoms with Crippen LogP contribution in [0.2, 0.25) is 0 Å². The molecule has 6 heteroatoms. The second-order valence-electron chi connectivity index (χ2n) is 4.21.